The van der Waals surface area contributed by atoms with Gasteiger partial charge in [0.05, 0.1) is 18.5 Å². The standard InChI is InChI=1S/C18H32O2/c1-2-3-4-5-8-11-14-17-18(20-17)15-12-9-6-7-10-13-16-19/h7,10,13,16-19H,2-6,8-9,11-12,14-15H2,1H3/b10-7-,16-13+/t17-,18+/m1/s1. The summed E-state index contributed by atoms with van der Waals surface area (Å²) in [4.78, 5) is 0. The van der Waals surface area contributed by atoms with Gasteiger partial charge in [0.1, 0.15) is 0 Å². The summed E-state index contributed by atoms with van der Waals surface area (Å²) in [6, 6.07) is 0. The zero-order chi connectivity index (χ0) is 14.5. The third-order valence-electron chi connectivity index (χ3n) is 3.97. The lowest BCUT2D eigenvalue weighted by Gasteiger charge is -1.99. The summed E-state index contributed by atoms with van der Waals surface area (Å²) in [7, 11) is 0. The Bertz CT molecular complexity index is 271. The van der Waals surface area contributed by atoms with E-state index in [9.17, 15) is 0 Å². The Labute approximate surface area is 124 Å². The fourth-order valence-corrected chi connectivity index (χ4v) is 2.65. The van der Waals surface area contributed by atoms with Crippen molar-refractivity contribution in [3.8, 4) is 0 Å². The molecule has 0 saturated carbocycles. The van der Waals surface area contributed by atoms with E-state index >= 15 is 0 Å². The number of aliphatic hydroxyl groups is 1. The van der Waals surface area contributed by atoms with Crippen LogP contribution in [0.1, 0.15) is 77.6 Å². The second kappa shape index (κ2) is 12.0. The summed E-state index contributed by atoms with van der Waals surface area (Å²) < 4.78 is 5.73. The Balaban J connectivity index is 1.81. The third kappa shape index (κ3) is 9.19. The van der Waals surface area contributed by atoms with Gasteiger partial charge in [0.25, 0.3) is 0 Å². The SMILES string of the molecule is CCCCCCCC[C@H]1O[C@H]1CCCC/C=C\C=C\O. The predicted octanol–water partition coefficient (Wildman–Crippen LogP) is 5.69. The quantitative estimate of drug-likeness (QED) is 0.203. The van der Waals surface area contributed by atoms with Gasteiger partial charge in [-0.1, -0.05) is 64.0 Å². The molecule has 0 unspecified atom stereocenters. The first-order valence-corrected chi connectivity index (χ1v) is 8.49. The molecular weight excluding hydrogens is 248 g/mol. The molecule has 1 fully saturated rings. The van der Waals surface area contributed by atoms with Crippen molar-refractivity contribution in [2.75, 3.05) is 0 Å². The van der Waals surface area contributed by atoms with Crippen molar-refractivity contribution in [1.29, 1.82) is 0 Å². The van der Waals surface area contributed by atoms with Gasteiger partial charge in [0.2, 0.25) is 0 Å². The van der Waals surface area contributed by atoms with Gasteiger partial charge in [-0.3, -0.25) is 0 Å². The molecule has 1 aliphatic heterocycles. The molecule has 0 aliphatic carbocycles. The molecule has 1 N–H and O–H groups in total. The average Bonchev–Trinajstić information content (AvgIpc) is 3.20. The van der Waals surface area contributed by atoms with Gasteiger partial charge >= 0.3 is 0 Å². The van der Waals surface area contributed by atoms with E-state index in [2.05, 4.69) is 13.0 Å². The van der Waals surface area contributed by atoms with E-state index in [0.717, 1.165) is 12.7 Å². The summed E-state index contributed by atoms with van der Waals surface area (Å²) in [6.07, 6.45) is 22.2. The molecule has 2 heteroatoms. The lowest BCUT2D eigenvalue weighted by atomic mass is 10.0. The van der Waals surface area contributed by atoms with Crippen LogP contribution in [0.3, 0.4) is 0 Å². The first-order valence-electron chi connectivity index (χ1n) is 8.49. The van der Waals surface area contributed by atoms with E-state index in [1.165, 1.54) is 64.2 Å². The molecule has 0 amide bonds. The second-order valence-corrected chi connectivity index (χ2v) is 5.82. The van der Waals surface area contributed by atoms with Crippen LogP contribution in [0.15, 0.2) is 24.5 Å². The number of rotatable bonds is 13. The molecule has 1 heterocycles. The number of ether oxygens (including phenoxy) is 1. The van der Waals surface area contributed by atoms with Crippen LogP contribution < -0.4 is 0 Å². The Morgan fingerprint density at radius 3 is 2.20 bits per heavy atom. The Hall–Kier alpha value is -0.760. The summed E-state index contributed by atoms with van der Waals surface area (Å²) >= 11 is 0. The number of hydrogen-bond acceptors (Lipinski definition) is 2. The van der Waals surface area contributed by atoms with Gasteiger partial charge in [-0.05, 0) is 31.8 Å². The molecule has 0 radical (unpaired) electrons. The van der Waals surface area contributed by atoms with Crippen LogP contribution in [0.25, 0.3) is 0 Å². The van der Waals surface area contributed by atoms with Crippen LogP contribution in [0.5, 0.6) is 0 Å². The number of aliphatic hydroxyl groups excluding tert-OH is 1. The number of epoxide rings is 1. The van der Waals surface area contributed by atoms with Gasteiger partial charge in [-0.2, -0.15) is 0 Å². The number of allylic oxidation sites excluding steroid dienone is 3. The van der Waals surface area contributed by atoms with Crippen molar-refractivity contribution in [2.45, 2.75) is 89.8 Å². The van der Waals surface area contributed by atoms with E-state index in [4.69, 9.17) is 9.84 Å². The molecule has 2 nitrogen and oxygen atoms in total. The number of hydrogen-bond donors (Lipinski definition) is 1. The molecule has 2 atom stereocenters. The smallest absolute Gasteiger partial charge is 0.0841 e. The van der Waals surface area contributed by atoms with Gasteiger partial charge in [0, 0.05) is 0 Å². The second-order valence-electron chi connectivity index (χ2n) is 5.82. The van der Waals surface area contributed by atoms with Crippen LogP contribution >= 0.6 is 0 Å². The van der Waals surface area contributed by atoms with Crippen LogP contribution in [0.4, 0.5) is 0 Å². The minimum absolute atomic E-state index is 0.562. The molecule has 0 aromatic carbocycles. The van der Waals surface area contributed by atoms with E-state index in [1.54, 1.807) is 6.08 Å². The zero-order valence-electron chi connectivity index (χ0n) is 13.1. The van der Waals surface area contributed by atoms with Gasteiger partial charge < -0.3 is 9.84 Å². The maximum atomic E-state index is 8.46. The zero-order valence-corrected chi connectivity index (χ0v) is 13.1. The van der Waals surface area contributed by atoms with Crippen LogP contribution in [0, 0.1) is 0 Å². The molecule has 1 saturated heterocycles. The lowest BCUT2D eigenvalue weighted by molar-refractivity contribution is 0.348. The topological polar surface area (TPSA) is 32.8 Å². The monoisotopic (exact) mass is 280 g/mol. The highest BCUT2D eigenvalue weighted by Gasteiger charge is 2.36. The van der Waals surface area contributed by atoms with Crippen LogP contribution in [0.2, 0.25) is 0 Å². The molecule has 116 valence electrons. The average molecular weight is 280 g/mol. The predicted molar refractivity (Wildman–Crippen MR) is 86.0 cm³/mol. The minimum atomic E-state index is 0.562. The maximum Gasteiger partial charge on any atom is 0.0841 e. The molecule has 0 aromatic rings. The van der Waals surface area contributed by atoms with E-state index in [0.29, 0.717) is 12.2 Å². The maximum absolute atomic E-state index is 8.46. The van der Waals surface area contributed by atoms with Crippen LogP contribution in [-0.4, -0.2) is 17.3 Å². The summed E-state index contributed by atoms with van der Waals surface area (Å²) in [5, 5.41) is 8.46. The highest BCUT2D eigenvalue weighted by molar-refractivity contribution is 4.98. The largest absolute Gasteiger partial charge is 0.516 e. The number of unbranched alkanes of at least 4 members (excludes halogenated alkanes) is 7. The van der Waals surface area contributed by atoms with Crippen molar-refractivity contribution in [1.82, 2.24) is 0 Å². The summed E-state index contributed by atoms with van der Waals surface area (Å²) in [6.45, 7) is 2.27. The first kappa shape index (κ1) is 17.3. The highest BCUT2D eigenvalue weighted by atomic mass is 16.6. The van der Waals surface area contributed by atoms with Gasteiger partial charge in [0.15, 0.2) is 0 Å². The summed E-state index contributed by atoms with van der Waals surface area (Å²) in [5.74, 6) is 0. The normalized spacial score (nSPS) is 22.1. The molecule has 0 spiro atoms. The molecular formula is C18H32O2. The molecule has 1 aliphatic rings. The Morgan fingerprint density at radius 2 is 1.50 bits per heavy atom. The lowest BCUT2D eigenvalue weighted by Crippen LogP contribution is -1.94. The minimum Gasteiger partial charge on any atom is -0.516 e. The van der Waals surface area contributed by atoms with Crippen molar-refractivity contribution in [2.24, 2.45) is 0 Å². The van der Waals surface area contributed by atoms with Gasteiger partial charge in [-0.15, -0.1) is 0 Å². The Morgan fingerprint density at radius 1 is 0.850 bits per heavy atom. The molecule has 0 bridgehead atoms. The van der Waals surface area contributed by atoms with E-state index in [-0.39, 0.29) is 0 Å². The van der Waals surface area contributed by atoms with Crippen molar-refractivity contribution >= 4 is 0 Å². The third-order valence-corrected chi connectivity index (χ3v) is 3.97. The van der Waals surface area contributed by atoms with E-state index in [1.807, 2.05) is 6.08 Å². The van der Waals surface area contributed by atoms with Crippen molar-refractivity contribution in [3.05, 3.63) is 24.5 Å². The fourth-order valence-electron chi connectivity index (χ4n) is 2.65. The molecule has 1 rings (SSSR count). The first-order chi connectivity index (χ1) is 9.88. The van der Waals surface area contributed by atoms with Gasteiger partial charge in [-0.25, -0.2) is 0 Å². The Kier molecular flexibility index (Phi) is 10.4. The fraction of sp³-hybridized carbons (Fsp3) is 0.778. The van der Waals surface area contributed by atoms with Crippen LogP contribution in [-0.2, 0) is 4.74 Å². The highest BCUT2D eigenvalue weighted by Crippen LogP contribution is 2.31. The van der Waals surface area contributed by atoms with Crippen molar-refractivity contribution < 1.29 is 9.84 Å². The summed E-state index contributed by atoms with van der Waals surface area (Å²) in [5.41, 5.74) is 0. The molecule has 20 heavy (non-hydrogen) atoms. The van der Waals surface area contributed by atoms with Crippen molar-refractivity contribution in [3.63, 3.8) is 0 Å². The molecule has 0 aromatic heterocycles. The van der Waals surface area contributed by atoms with E-state index < -0.39 is 0 Å².